The van der Waals surface area contributed by atoms with Crippen LogP contribution in [0.2, 0.25) is 0 Å². The van der Waals surface area contributed by atoms with Crippen LogP contribution < -0.4 is 0 Å². The van der Waals surface area contributed by atoms with Crippen LogP contribution in [0, 0.1) is 23.7 Å². The molecule has 0 aromatic heterocycles. The minimum atomic E-state index is 0.327. The lowest BCUT2D eigenvalue weighted by atomic mass is 9.62. The molecule has 0 aliphatic heterocycles. The van der Waals surface area contributed by atoms with Crippen LogP contribution in [0.5, 0.6) is 0 Å². The van der Waals surface area contributed by atoms with Gasteiger partial charge in [-0.15, -0.1) is 0 Å². The van der Waals surface area contributed by atoms with Crippen LogP contribution in [0.3, 0.4) is 0 Å². The number of aliphatic hydroxyl groups is 1. The van der Waals surface area contributed by atoms with E-state index in [1.54, 1.807) is 0 Å². The fourth-order valence-corrected chi connectivity index (χ4v) is 3.53. The summed E-state index contributed by atoms with van der Waals surface area (Å²) >= 11 is 0. The fraction of sp³-hybridized carbons (Fsp3) is 0.733. The van der Waals surface area contributed by atoms with Gasteiger partial charge in [0.2, 0.25) is 0 Å². The Labute approximate surface area is 99.3 Å². The van der Waals surface area contributed by atoms with Crippen molar-refractivity contribution in [1.29, 1.82) is 0 Å². The molecule has 90 valence electrons. The van der Waals surface area contributed by atoms with Gasteiger partial charge in [-0.25, -0.2) is 0 Å². The Kier molecular flexibility index (Phi) is 3.53. The standard InChI is InChI=1S/C15H24O/c1-10-4-6-13-11(2)5-7-14(12(3)9-16)15(13)8-10/h8,12-16H,2,4-7,9H2,1,3H3/t12?,13-,14-,15+/m0/s1. The van der Waals surface area contributed by atoms with Crippen molar-refractivity contribution in [2.45, 2.75) is 39.5 Å². The summed E-state index contributed by atoms with van der Waals surface area (Å²) in [6.07, 6.45) is 7.37. The van der Waals surface area contributed by atoms with E-state index in [-0.39, 0.29) is 0 Å². The zero-order valence-corrected chi connectivity index (χ0v) is 10.6. The van der Waals surface area contributed by atoms with Crippen LogP contribution in [0.4, 0.5) is 0 Å². The lowest BCUT2D eigenvalue weighted by Gasteiger charge is -2.43. The highest BCUT2D eigenvalue weighted by molar-refractivity contribution is 5.19. The fourth-order valence-electron chi connectivity index (χ4n) is 3.53. The Balaban J connectivity index is 2.22. The summed E-state index contributed by atoms with van der Waals surface area (Å²) in [5, 5.41) is 9.37. The lowest BCUT2D eigenvalue weighted by molar-refractivity contribution is 0.115. The van der Waals surface area contributed by atoms with Gasteiger partial charge in [-0.3, -0.25) is 0 Å². The van der Waals surface area contributed by atoms with E-state index in [1.807, 2.05) is 0 Å². The highest BCUT2D eigenvalue weighted by Crippen LogP contribution is 2.47. The van der Waals surface area contributed by atoms with E-state index in [2.05, 4.69) is 26.5 Å². The molecular formula is C15H24O. The molecule has 2 aliphatic carbocycles. The SMILES string of the molecule is C=C1CC[C@@H](C(C)CO)[C@@H]2C=C(C)CC[C@@H]12. The van der Waals surface area contributed by atoms with Gasteiger partial charge in [-0.2, -0.15) is 0 Å². The smallest absolute Gasteiger partial charge is 0.0459 e. The Morgan fingerprint density at radius 2 is 2.19 bits per heavy atom. The monoisotopic (exact) mass is 220 g/mol. The quantitative estimate of drug-likeness (QED) is 0.706. The third-order valence-electron chi connectivity index (χ3n) is 4.63. The van der Waals surface area contributed by atoms with Gasteiger partial charge in [0, 0.05) is 6.61 Å². The highest BCUT2D eigenvalue weighted by Gasteiger charge is 2.37. The Morgan fingerprint density at radius 3 is 2.88 bits per heavy atom. The van der Waals surface area contributed by atoms with Gasteiger partial charge in [0.1, 0.15) is 0 Å². The summed E-state index contributed by atoms with van der Waals surface area (Å²) in [5.74, 6) is 2.44. The molecule has 0 aromatic rings. The Bertz CT molecular complexity index is 303. The van der Waals surface area contributed by atoms with Crippen molar-refractivity contribution >= 4 is 0 Å². The molecular weight excluding hydrogens is 196 g/mol. The molecule has 0 bridgehead atoms. The number of hydrogen-bond donors (Lipinski definition) is 1. The molecule has 16 heavy (non-hydrogen) atoms. The van der Waals surface area contributed by atoms with Crippen molar-refractivity contribution in [1.82, 2.24) is 0 Å². The topological polar surface area (TPSA) is 20.2 Å². The van der Waals surface area contributed by atoms with E-state index in [4.69, 9.17) is 0 Å². The van der Waals surface area contributed by atoms with Gasteiger partial charge in [0.25, 0.3) is 0 Å². The van der Waals surface area contributed by atoms with Crippen molar-refractivity contribution in [3.63, 3.8) is 0 Å². The largest absolute Gasteiger partial charge is 0.396 e. The molecule has 4 atom stereocenters. The van der Waals surface area contributed by atoms with Crippen LogP contribution in [-0.2, 0) is 0 Å². The van der Waals surface area contributed by atoms with Crippen molar-refractivity contribution in [2.24, 2.45) is 23.7 Å². The number of aliphatic hydroxyl groups excluding tert-OH is 1. The molecule has 2 aliphatic rings. The summed E-state index contributed by atoms with van der Waals surface area (Å²) in [6, 6.07) is 0. The molecule has 1 fully saturated rings. The van der Waals surface area contributed by atoms with Crippen molar-refractivity contribution in [3.8, 4) is 0 Å². The van der Waals surface area contributed by atoms with Crippen LogP contribution >= 0.6 is 0 Å². The molecule has 0 radical (unpaired) electrons. The maximum absolute atomic E-state index is 9.37. The van der Waals surface area contributed by atoms with Crippen LogP contribution in [0.25, 0.3) is 0 Å². The molecule has 2 rings (SSSR count). The van der Waals surface area contributed by atoms with Gasteiger partial charge in [0.05, 0.1) is 0 Å². The second-order valence-electron chi connectivity index (χ2n) is 5.76. The van der Waals surface area contributed by atoms with Gasteiger partial charge >= 0.3 is 0 Å². The second-order valence-corrected chi connectivity index (χ2v) is 5.76. The first-order valence-corrected chi connectivity index (χ1v) is 6.59. The lowest BCUT2D eigenvalue weighted by Crippen LogP contribution is -2.35. The maximum atomic E-state index is 9.37. The Morgan fingerprint density at radius 1 is 1.44 bits per heavy atom. The molecule has 0 saturated heterocycles. The van der Waals surface area contributed by atoms with E-state index in [1.165, 1.54) is 36.8 Å². The van der Waals surface area contributed by atoms with E-state index in [0.717, 1.165) is 0 Å². The number of hydrogen-bond acceptors (Lipinski definition) is 1. The van der Waals surface area contributed by atoms with E-state index in [0.29, 0.717) is 30.3 Å². The Hall–Kier alpha value is -0.560. The van der Waals surface area contributed by atoms with Crippen LogP contribution in [0.15, 0.2) is 23.8 Å². The van der Waals surface area contributed by atoms with Gasteiger partial charge < -0.3 is 5.11 Å². The van der Waals surface area contributed by atoms with Crippen LogP contribution in [0.1, 0.15) is 39.5 Å². The minimum absolute atomic E-state index is 0.327. The molecule has 1 heteroatoms. The zero-order valence-electron chi connectivity index (χ0n) is 10.6. The van der Waals surface area contributed by atoms with Gasteiger partial charge in [0.15, 0.2) is 0 Å². The first kappa shape index (κ1) is 11.9. The second kappa shape index (κ2) is 4.75. The van der Waals surface area contributed by atoms with Crippen molar-refractivity contribution < 1.29 is 5.11 Å². The zero-order chi connectivity index (χ0) is 11.7. The van der Waals surface area contributed by atoms with Crippen molar-refractivity contribution in [3.05, 3.63) is 23.8 Å². The first-order chi connectivity index (χ1) is 7.63. The van der Waals surface area contributed by atoms with Crippen LogP contribution in [-0.4, -0.2) is 11.7 Å². The average molecular weight is 220 g/mol. The third kappa shape index (κ3) is 2.10. The summed E-state index contributed by atoms with van der Waals surface area (Å²) in [4.78, 5) is 0. The molecule has 0 aromatic carbocycles. The predicted molar refractivity (Wildman–Crippen MR) is 68.1 cm³/mol. The molecule has 0 amide bonds. The first-order valence-electron chi connectivity index (χ1n) is 6.59. The van der Waals surface area contributed by atoms with E-state index >= 15 is 0 Å². The van der Waals surface area contributed by atoms with Gasteiger partial charge in [-0.1, -0.05) is 30.7 Å². The molecule has 0 spiro atoms. The molecule has 1 N–H and O–H groups in total. The molecule has 1 unspecified atom stereocenters. The predicted octanol–water partition coefficient (Wildman–Crippen LogP) is 3.55. The average Bonchev–Trinajstić information content (AvgIpc) is 2.28. The van der Waals surface area contributed by atoms with Crippen molar-refractivity contribution in [2.75, 3.05) is 6.61 Å². The minimum Gasteiger partial charge on any atom is -0.396 e. The summed E-state index contributed by atoms with van der Waals surface area (Å²) in [5.41, 5.74) is 2.99. The number of allylic oxidation sites excluding steroid dienone is 3. The number of fused-ring (bicyclic) bond motifs is 1. The van der Waals surface area contributed by atoms with E-state index < -0.39 is 0 Å². The van der Waals surface area contributed by atoms with E-state index in [9.17, 15) is 5.11 Å². The van der Waals surface area contributed by atoms with Gasteiger partial charge in [-0.05, 0) is 56.3 Å². The molecule has 1 saturated carbocycles. The summed E-state index contributed by atoms with van der Waals surface area (Å²) in [7, 11) is 0. The molecule has 1 nitrogen and oxygen atoms in total. The summed E-state index contributed by atoms with van der Waals surface area (Å²) in [6.45, 7) is 9.01. The normalized spacial score (nSPS) is 36.6. The third-order valence-corrected chi connectivity index (χ3v) is 4.63. The summed E-state index contributed by atoms with van der Waals surface area (Å²) < 4.78 is 0. The highest BCUT2D eigenvalue weighted by atomic mass is 16.3. The maximum Gasteiger partial charge on any atom is 0.0459 e. The molecule has 0 heterocycles. The number of rotatable bonds is 2.